The first-order valence-electron chi connectivity index (χ1n) is 8.23. The van der Waals surface area contributed by atoms with Crippen molar-refractivity contribution >= 4 is 43.2 Å². The van der Waals surface area contributed by atoms with Crippen molar-refractivity contribution in [1.29, 1.82) is 0 Å². The van der Waals surface area contributed by atoms with Gasteiger partial charge in [-0.05, 0) is 43.3 Å². The molecule has 0 aliphatic carbocycles. The van der Waals surface area contributed by atoms with Crippen LogP contribution in [0, 0.1) is 0 Å². The Balaban J connectivity index is 2.03. The zero-order valence-electron chi connectivity index (χ0n) is 15.4. The number of aryl methyl sites for hydroxylation is 1. The number of aromatic nitrogens is 1. The quantitative estimate of drug-likeness (QED) is 0.613. The standard InChI is InChI=1S/C18H18N2O6S2/c1-4-20-14-7-6-12(10-16(14)27-18(20)22)28(23,24)19-13-9-11(17(21)26-3)5-8-15(13)25-2/h5-10,19H,4H2,1-3H3. The van der Waals surface area contributed by atoms with Crippen molar-refractivity contribution in [2.75, 3.05) is 18.9 Å². The minimum atomic E-state index is -3.98. The third-order valence-electron chi connectivity index (χ3n) is 4.13. The van der Waals surface area contributed by atoms with Crippen LogP contribution in [-0.4, -0.2) is 33.2 Å². The topological polar surface area (TPSA) is 104 Å². The third kappa shape index (κ3) is 3.60. The molecule has 8 nitrogen and oxygen atoms in total. The lowest BCUT2D eigenvalue weighted by molar-refractivity contribution is 0.0600. The normalized spacial score (nSPS) is 11.4. The van der Waals surface area contributed by atoms with E-state index in [4.69, 9.17) is 4.74 Å². The van der Waals surface area contributed by atoms with Crippen LogP contribution >= 0.6 is 11.3 Å². The predicted molar refractivity (Wildman–Crippen MR) is 107 cm³/mol. The Morgan fingerprint density at radius 2 is 1.93 bits per heavy atom. The van der Waals surface area contributed by atoms with Gasteiger partial charge in [0.2, 0.25) is 0 Å². The summed E-state index contributed by atoms with van der Waals surface area (Å²) in [5.41, 5.74) is 0.959. The van der Waals surface area contributed by atoms with Crippen LogP contribution in [0.3, 0.4) is 0 Å². The first-order chi connectivity index (χ1) is 13.3. The fourth-order valence-corrected chi connectivity index (χ4v) is 4.91. The first-order valence-corrected chi connectivity index (χ1v) is 10.5. The van der Waals surface area contributed by atoms with E-state index in [0.717, 1.165) is 11.3 Å². The van der Waals surface area contributed by atoms with Gasteiger partial charge in [-0.1, -0.05) is 11.3 Å². The van der Waals surface area contributed by atoms with E-state index < -0.39 is 16.0 Å². The molecule has 3 rings (SSSR count). The lowest BCUT2D eigenvalue weighted by Gasteiger charge is -2.13. The van der Waals surface area contributed by atoms with E-state index in [0.29, 0.717) is 16.8 Å². The lowest BCUT2D eigenvalue weighted by atomic mass is 10.2. The zero-order chi connectivity index (χ0) is 20.5. The molecule has 1 aromatic heterocycles. The summed E-state index contributed by atoms with van der Waals surface area (Å²) in [7, 11) is -1.36. The van der Waals surface area contributed by atoms with Crippen molar-refractivity contribution in [3.05, 3.63) is 51.6 Å². The van der Waals surface area contributed by atoms with Gasteiger partial charge < -0.3 is 9.47 Å². The van der Waals surface area contributed by atoms with Crippen molar-refractivity contribution in [3.63, 3.8) is 0 Å². The molecule has 0 aliphatic heterocycles. The number of anilines is 1. The highest BCUT2D eigenvalue weighted by Crippen LogP contribution is 2.29. The van der Waals surface area contributed by atoms with Crippen molar-refractivity contribution < 1.29 is 22.7 Å². The number of nitrogens with one attached hydrogen (secondary N) is 1. The highest BCUT2D eigenvalue weighted by molar-refractivity contribution is 7.92. The molecule has 28 heavy (non-hydrogen) atoms. The lowest BCUT2D eigenvalue weighted by Crippen LogP contribution is -2.14. The van der Waals surface area contributed by atoms with Gasteiger partial charge in [0.25, 0.3) is 10.0 Å². The summed E-state index contributed by atoms with van der Waals surface area (Å²) in [5.74, 6) is -0.352. The number of nitrogens with zero attached hydrogens (tertiary/aromatic N) is 1. The number of carbonyl (C=O) groups excluding carboxylic acids is 1. The number of rotatable bonds is 6. The van der Waals surface area contributed by atoms with Crippen LogP contribution in [0.15, 0.2) is 46.1 Å². The van der Waals surface area contributed by atoms with E-state index in [1.165, 1.54) is 44.6 Å². The van der Waals surface area contributed by atoms with Gasteiger partial charge in [0.1, 0.15) is 5.75 Å². The Bertz CT molecular complexity index is 1210. The maximum absolute atomic E-state index is 12.9. The number of fused-ring (bicyclic) bond motifs is 1. The highest BCUT2D eigenvalue weighted by atomic mass is 32.2. The number of ether oxygens (including phenoxy) is 2. The molecule has 0 atom stereocenters. The summed E-state index contributed by atoms with van der Waals surface area (Å²) < 4.78 is 40.1. The summed E-state index contributed by atoms with van der Waals surface area (Å²) in [5, 5.41) is 0. The van der Waals surface area contributed by atoms with Gasteiger partial charge in [-0.25, -0.2) is 13.2 Å². The van der Waals surface area contributed by atoms with Gasteiger partial charge in [0.15, 0.2) is 0 Å². The van der Waals surface area contributed by atoms with Gasteiger partial charge in [-0.3, -0.25) is 14.1 Å². The molecule has 0 amide bonds. The molecule has 0 unspecified atom stereocenters. The Kier molecular flexibility index (Phi) is 5.43. The third-order valence-corrected chi connectivity index (χ3v) is 6.44. The van der Waals surface area contributed by atoms with E-state index >= 15 is 0 Å². The van der Waals surface area contributed by atoms with Gasteiger partial charge in [-0.15, -0.1) is 0 Å². The number of sulfonamides is 1. The molecule has 0 bridgehead atoms. The van der Waals surface area contributed by atoms with Crippen LogP contribution in [0.1, 0.15) is 17.3 Å². The summed E-state index contributed by atoms with van der Waals surface area (Å²) in [6, 6.07) is 8.77. The number of carbonyl (C=O) groups is 1. The maximum Gasteiger partial charge on any atom is 0.337 e. The van der Waals surface area contributed by atoms with Crippen LogP contribution in [0.25, 0.3) is 10.2 Å². The summed E-state index contributed by atoms with van der Waals surface area (Å²) in [6.45, 7) is 2.35. The molecule has 1 N–H and O–H groups in total. The number of esters is 1. The Morgan fingerprint density at radius 1 is 1.18 bits per heavy atom. The number of benzene rings is 2. The minimum absolute atomic E-state index is 0.00460. The molecule has 3 aromatic rings. The van der Waals surface area contributed by atoms with E-state index in [2.05, 4.69) is 9.46 Å². The number of hydrogen-bond acceptors (Lipinski definition) is 7. The summed E-state index contributed by atoms with van der Waals surface area (Å²) >= 11 is 0.986. The predicted octanol–water partition coefficient (Wildman–Crippen LogP) is 2.68. The monoisotopic (exact) mass is 422 g/mol. The van der Waals surface area contributed by atoms with Crippen LogP contribution in [0.5, 0.6) is 5.75 Å². The van der Waals surface area contributed by atoms with Crippen LogP contribution in [0.4, 0.5) is 5.69 Å². The first kappa shape index (κ1) is 19.9. The maximum atomic E-state index is 12.9. The molecule has 2 aromatic carbocycles. The Labute approximate surface area is 165 Å². The van der Waals surface area contributed by atoms with E-state index in [1.807, 2.05) is 6.92 Å². The van der Waals surface area contributed by atoms with Gasteiger partial charge in [-0.2, -0.15) is 0 Å². The molecule has 0 fully saturated rings. The number of hydrogen-bond donors (Lipinski definition) is 1. The van der Waals surface area contributed by atoms with Crippen molar-refractivity contribution in [2.45, 2.75) is 18.4 Å². The van der Waals surface area contributed by atoms with Crippen molar-refractivity contribution in [2.24, 2.45) is 0 Å². The second-order valence-electron chi connectivity index (χ2n) is 5.75. The fourth-order valence-electron chi connectivity index (χ4n) is 2.75. The molecule has 0 spiro atoms. The Morgan fingerprint density at radius 3 is 2.57 bits per heavy atom. The second-order valence-corrected chi connectivity index (χ2v) is 8.43. The van der Waals surface area contributed by atoms with Crippen molar-refractivity contribution in [1.82, 2.24) is 4.57 Å². The second kappa shape index (κ2) is 7.64. The molecule has 1 heterocycles. The highest BCUT2D eigenvalue weighted by Gasteiger charge is 2.20. The van der Waals surface area contributed by atoms with Crippen LogP contribution in [-0.2, 0) is 21.3 Å². The Hall–Kier alpha value is -2.85. The number of methoxy groups -OCH3 is 2. The molecular formula is C18H18N2O6S2. The summed E-state index contributed by atoms with van der Waals surface area (Å²) in [4.78, 5) is 23.6. The average Bonchev–Trinajstić information content (AvgIpc) is 3.01. The molecule has 0 saturated heterocycles. The zero-order valence-corrected chi connectivity index (χ0v) is 17.0. The van der Waals surface area contributed by atoms with Crippen LogP contribution in [0.2, 0.25) is 0 Å². The molecular weight excluding hydrogens is 404 g/mol. The SMILES string of the molecule is CCn1c(=O)sc2cc(S(=O)(=O)Nc3cc(C(=O)OC)ccc3OC)ccc21. The summed E-state index contributed by atoms with van der Waals surface area (Å²) in [6.07, 6.45) is 0. The smallest absolute Gasteiger partial charge is 0.337 e. The average molecular weight is 422 g/mol. The van der Waals surface area contributed by atoms with E-state index in [1.54, 1.807) is 10.6 Å². The van der Waals surface area contributed by atoms with Gasteiger partial charge in [0.05, 0.1) is 40.6 Å². The largest absolute Gasteiger partial charge is 0.495 e. The number of thiazole rings is 1. The van der Waals surface area contributed by atoms with Gasteiger partial charge in [0, 0.05) is 6.54 Å². The minimum Gasteiger partial charge on any atom is -0.495 e. The molecule has 0 saturated carbocycles. The fraction of sp³-hybridized carbons (Fsp3) is 0.222. The van der Waals surface area contributed by atoms with Gasteiger partial charge >= 0.3 is 10.8 Å². The molecule has 148 valence electrons. The van der Waals surface area contributed by atoms with E-state index in [9.17, 15) is 18.0 Å². The van der Waals surface area contributed by atoms with E-state index in [-0.39, 0.29) is 26.8 Å². The molecule has 0 aliphatic rings. The van der Waals surface area contributed by atoms with Crippen molar-refractivity contribution in [3.8, 4) is 5.75 Å². The van der Waals surface area contributed by atoms with Crippen LogP contribution < -0.4 is 14.3 Å². The molecule has 10 heteroatoms. The molecule has 0 radical (unpaired) electrons.